The molecule has 0 saturated carbocycles. The summed E-state index contributed by atoms with van der Waals surface area (Å²) in [6.07, 6.45) is 0. The highest BCUT2D eigenvalue weighted by molar-refractivity contribution is 5.92. The minimum absolute atomic E-state index is 0.0595. The van der Waals surface area contributed by atoms with Crippen LogP contribution in [0.5, 0.6) is 11.5 Å². The van der Waals surface area contributed by atoms with Crippen LogP contribution in [0.3, 0.4) is 0 Å². The van der Waals surface area contributed by atoms with Crippen molar-refractivity contribution in [2.24, 2.45) is 5.73 Å². The Hall–Kier alpha value is -1.83. The molecule has 1 aromatic rings. The Morgan fingerprint density at radius 2 is 2.15 bits per heavy atom. The number of hydrogen-bond donors (Lipinski definition) is 3. The zero-order valence-electron chi connectivity index (χ0n) is 11.4. The molecule has 0 aromatic heterocycles. The van der Waals surface area contributed by atoms with Crippen molar-refractivity contribution in [2.75, 3.05) is 45.4 Å². The molecule has 1 rings (SSSR count). The third-order valence-electron chi connectivity index (χ3n) is 2.29. The maximum Gasteiger partial charge on any atom is 0.250 e. The number of aliphatic hydroxyl groups is 1. The Bertz CT molecular complexity index is 425. The van der Waals surface area contributed by atoms with Crippen molar-refractivity contribution in [3.05, 3.63) is 18.2 Å². The summed E-state index contributed by atoms with van der Waals surface area (Å²) >= 11 is 0. The van der Waals surface area contributed by atoms with Crippen LogP contribution in [-0.4, -0.2) is 51.1 Å². The maximum atomic E-state index is 11.6. The van der Waals surface area contributed by atoms with Crippen LogP contribution in [-0.2, 0) is 9.53 Å². The smallest absolute Gasteiger partial charge is 0.250 e. The lowest BCUT2D eigenvalue weighted by Gasteiger charge is -2.12. The highest BCUT2D eigenvalue weighted by Gasteiger charge is 2.08. The van der Waals surface area contributed by atoms with E-state index in [0.29, 0.717) is 30.3 Å². The Balaban J connectivity index is 2.63. The van der Waals surface area contributed by atoms with Gasteiger partial charge in [-0.15, -0.1) is 0 Å². The summed E-state index contributed by atoms with van der Waals surface area (Å²) in [7, 11) is 1.51. The van der Waals surface area contributed by atoms with E-state index >= 15 is 0 Å². The lowest BCUT2D eigenvalue weighted by molar-refractivity contribution is -0.120. The van der Waals surface area contributed by atoms with Gasteiger partial charge in [0.25, 0.3) is 0 Å². The molecule has 0 unspecified atom stereocenters. The molecule has 7 nitrogen and oxygen atoms in total. The maximum absolute atomic E-state index is 11.6. The number of benzene rings is 1. The van der Waals surface area contributed by atoms with Gasteiger partial charge in [-0.2, -0.15) is 0 Å². The first-order valence-corrected chi connectivity index (χ1v) is 6.20. The molecule has 0 bridgehead atoms. The van der Waals surface area contributed by atoms with Gasteiger partial charge in [-0.3, -0.25) is 4.79 Å². The largest absolute Gasteiger partial charge is 0.493 e. The summed E-state index contributed by atoms with van der Waals surface area (Å²) in [5, 5.41) is 11.4. The number of carbonyl (C=O) groups is 1. The summed E-state index contributed by atoms with van der Waals surface area (Å²) < 4.78 is 15.5. The normalized spacial score (nSPS) is 10.2. The number of amides is 1. The van der Waals surface area contributed by atoms with Crippen molar-refractivity contribution in [3.8, 4) is 11.5 Å². The van der Waals surface area contributed by atoms with Crippen LogP contribution >= 0.6 is 0 Å². The average Bonchev–Trinajstić information content (AvgIpc) is 2.45. The van der Waals surface area contributed by atoms with E-state index in [1.807, 2.05) is 0 Å². The van der Waals surface area contributed by atoms with Crippen LogP contribution in [0.25, 0.3) is 0 Å². The molecular formula is C13H20N2O5. The lowest BCUT2D eigenvalue weighted by Crippen LogP contribution is -2.20. The predicted molar refractivity (Wildman–Crippen MR) is 74.1 cm³/mol. The van der Waals surface area contributed by atoms with E-state index in [4.69, 9.17) is 25.1 Å². The van der Waals surface area contributed by atoms with Gasteiger partial charge in [-0.25, -0.2) is 0 Å². The first-order valence-electron chi connectivity index (χ1n) is 6.20. The van der Waals surface area contributed by atoms with Crippen LogP contribution in [0.1, 0.15) is 0 Å². The highest BCUT2D eigenvalue weighted by Crippen LogP contribution is 2.30. The van der Waals surface area contributed by atoms with E-state index in [1.54, 1.807) is 18.2 Å². The Morgan fingerprint density at radius 3 is 2.80 bits per heavy atom. The predicted octanol–water partition coefficient (Wildman–Crippen LogP) is -0.0199. The van der Waals surface area contributed by atoms with Crippen molar-refractivity contribution in [1.29, 1.82) is 0 Å². The van der Waals surface area contributed by atoms with Gasteiger partial charge in [-0.1, -0.05) is 0 Å². The number of rotatable bonds is 9. The molecule has 20 heavy (non-hydrogen) atoms. The number of anilines is 1. The lowest BCUT2D eigenvalue weighted by atomic mass is 10.2. The van der Waals surface area contributed by atoms with E-state index in [0.717, 1.165) is 0 Å². The topological polar surface area (TPSA) is 103 Å². The van der Waals surface area contributed by atoms with Crippen molar-refractivity contribution in [1.82, 2.24) is 0 Å². The van der Waals surface area contributed by atoms with Gasteiger partial charge < -0.3 is 30.4 Å². The van der Waals surface area contributed by atoms with Gasteiger partial charge in [0, 0.05) is 18.3 Å². The Labute approximate surface area is 117 Å². The second kappa shape index (κ2) is 9.13. The molecule has 0 saturated heterocycles. The molecule has 1 amide bonds. The Morgan fingerprint density at radius 1 is 1.35 bits per heavy atom. The fraction of sp³-hybridized carbons (Fsp3) is 0.462. The SMILES string of the molecule is COc1ccc(NC(=O)COCCN)cc1OCCO. The average molecular weight is 284 g/mol. The van der Waals surface area contributed by atoms with Crippen LogP contribution < -0.4 is 20.5 Å². The molecule has 0 spiro atoms. The molecule has 7 heteroatoms. The number of methoxy groups -OCH3 is 1. The van der Waals surface area contributed by atoms with E-state index in [1.165, 1.54) is 7.11 Å². The first kappa shape index (κ1) is 16.2. The molecule has 0 fully saturated rings. The van der Waals surface area contributed by atoms with Crippen molar-refractivity contribution < 1.29 is 24.1 Å². The highest BCUT2D eigenvalue weighted by atomic mass is 16.5. The number of hydrogen-bond acceptors (Lipinski definition) is 6. The standard InChI is InChI=1S/C13H20N2O5/c1-18-11-3-2-10(8-12(11)20-7-5-16)15-13(17)9-19-6-4-14/h2-3,8,16H,4-7,9,14H2,1H3,(H,15,17). The third kappa shape index (κ3) is 5.43. The number of nitrogens with one attached hydrogen (secondary N) is 1. The Kier molecular flexibility index (Phi) is 7.41. The van der Waals surface area contributed by atoms with E-state index in [9.17, 15) is 4.79 Å². The third-order valence-corrected chi connectivity index (χ3v) is 2.29. The van der Waals surface area contributed by atoms with Crippen LogP contribution in [0.2, 0.25) is 0 Å². The van der Waals surface area contributed by atoms with Crippen molar-refractivity contribution in [2.45, 2.75) is 0 Å². The molecule has 0 aliphatic carbocycles. The van der Waals surface area contributed by atoms with Gasteiger partial charge in [0.2, 0.25) is 5.91 Å². The molecule has 112 valence electrons. The number of nitrogens with two attached hydrogens (primary N) is 1. The zero-order valence-corrected chi connectivity index (χ0v) is 11.4. The van der Waals surface area contributed by atoms with Crippen molar-refractivity contribution in [3.63, 3.8) is 0 Å². The number of carbonyl (C=O) groups excluding carboxylic acids is 1. The molecule has 0 atom stereocenters. The quantitative estimate of drug-likeness (QED) is 0.551. The van der Waals surface area contributed by atoms with E-state index < -0.39 is 0 Å². The monoisotopic (exact) mass is 284 g/mol. The second-order valence-corrected chi connectivity index (χ2v) is 3.83. The molecule has 0 aliphatic heterocycles. The first-order chi connectivity index (χ1) is 9.71. The minimum Gasteiger partial charge on any atom is -0.493 e. The molecule has 0 aliphatic rings. The van der Waals surface area contributed by atoms with Gasteiger partial charge in [0.15, 0.2) is 11.5 Å². The van der Waals surface area contributed by atoms with Gasteiger partial charge in [-0.05, 0) is 12.1 Å². The fourth-order valence-electron chi connectivity index (χ4n) is 1.47. The fourth-order valence-corrected chi connectivity index (χ4v) is 1.47. The van der Waals surface area contributed by atoms with Crippen LogP contribution in [0, 0.1) is 0 Å². The summed E-state index contributed by atoms with van der Waals surface area (Å²) in [5.74, 6) is 0.690. The summed E-state index contributed by atoms with van der Waals surface area (Å²) in [6.45, 7) is 0.686. The summed E-state index contributed by atoms with van der Waals surface area (Å²) in [4.78, 5) is 11.6. The second-order valence-electron chi connectivity index (χ2n) is 3.83. The van der Waals surface area contributed by atoms with Crippen LogP contribution in [0.15, 0.2) is 18.2 Å². The van der Waals surface area contributed by atoms with E-state index in [2.05, 4.69) is 5.32 Å². The number of ether oxygens (including phenoxy) is 3. The molecular weight excluding hydrogens is 264 g/mol. The van der Waals surface area contributed by atoms with Gasteiger partial charge in [0.1, 0.15) is 13.2 Å². The molecule has 4 N–H and O–H groups in total. The molecule has 1 aromatic carbocycles. The van der Waals surface area contributed by atoms with Crippen molar-refractivity contribution >= 4 is 11.6 Å². The molecule has 0 heterocycles. The number of aliphatic hydroxyl groups excluding tert-OH is 1. The summed E-state index contributed by atoms with van der Waals surface area (Å²) in [5.41, 5.74) is 5.81. The zero-order chi connectivity index (χ0) is 14.8. The van der Waals surface area contributed by atoms with E-state index in [-0.39, 0.29) is 25.7 Å². The molecule has 0 radical (unpaired) electrons. The summed E-state index contributed by atoms with van der Waals surface area (Å²) in [6, 6.07) is 4.98. The van der Waals surface area contributed by atoms with Gasteiger partial charge >= 0.3 is 0 Å². The van der Waals surface area contributed by atoms with Crippen LogP contribution in [0.4, 0.5) is 5.69 Å². The minimum atomic E-state index is -0.281. The van der Waals surface area contributed by atoms with Gasteiger partial charge in [0.05, 0.1) is 20.3 Å².